The molecule has 128 valence electrons. The number of nitrogens with zero attached hydrogens (tertiary/aromatic N) is 3. The minimum absolute atomic E-state index is 0.0131. The second-order valence-corrected chi connectivity index (χ2v) is 6.65. The maximum atomic E-state index is 13.1. The van der Waals surface area contributed by atoms with Crippen molar-refractivity contribution in [2.45, 2.75) is 6.42 Å². The zero-order valence-electron chi connectivity index (χ0n) is 12.7. The Morgan fingerprint density at radius 3 is 2.72 bits per heavy atom. The Morgan fingerprint density at radius 1 is 1.28 bits per heavy atom. The van der Waals surface area contributed by atoms with E-state index >= 15 is 0 Å². The van der Waals surface area contributed by atoms with Crippen molar-refractivity contribution in [1.29, 1.82) is 0 Å². The molecule has 0 unspecified atom stereocenters. The topological polar surface area (TPSA) is 106 Å². The van der Waals surface area contributed by atoms with Crippen LogP contribution in [0.4, 0.5) is 16.2 Å². The van der Waals surface area contributed by atoms with Gasteiger partial charge in [-0.25, -0.2) is 14.4 Å². The van der Waals surface area contributed by atoms with Crippen LogP contribution in [0.3, 0.4) is 0 Å². The molecule has 0 radical (unpaired) electrons. The number of hydrazine groups is 1. The number of nitrogens with one attached hydrogen (secondary N) is 2. The van der Waals surface area contributed by atoms with E-state index in [9.17, 15) is 9.18 Å². The predicted octanol–water partition coefficient (Wildman–Crippen LogP) is 2.77. The summed E-state index contributed by atoms with van der Waals surface area (Å²) in [6.07, 6.45) is 1.78. The van der Waals surface area contributed by atoms with Crippen molar-refractivity contribution in [3.8, 4) is 11.3 Å². The third-order valence-electron chi connectivity index (χ3n) is 3.10. The van der Waals surface area contributed by atoms with Crippen molar-refractivity contribution in [3.63, 3.8) is 0 Å². The number of hydrogen-bond donors (Lipinski definition) is 3. The molecular weight excluding hydrogens is 411 g/mol. The van der Waals surface area contributed by atoms with E-state index in [2.05, 4.69) is 41.7 Å². The lowest BCUT2D eigenvalue weighted by Gasteiger charge is -2.12. The van der Waals surface area contributed by atoms with E-state index in [1.165, 1.54) is 23.5 Å². The van der Waals surface area contributed by atoms with Gasteiger partial charge >= 0.3 is 0 Å². The average molecular weight is 423 g/mol. The van der Waals surface area contributed by atoms with Crippen LogP contribution in [0.15, 0.2) is 40.3 Å². The molecule has 0 aliphatic heterocycles. The number of nitrogens with two attached hydrogens (primary N) is 1. The lowest BCUT2D eigenvalue weighted by molar-refractivity contribution is -0.119. The summed E-state index contributed by atoms with van der Waals surface area (Å²) in [6, 6.07) is 5.80. The zero-order chi connectivity index (χ0) is 17.8. The van der Waals surface area contributed by atoms with Crippen LogP contribution in [-0.2, 0) is 11.2 Å². The molecule has 0 aliphatic rings. The zero-order valence-corrected chi connectivity index (χ0v) is 15.1. The number of anilines is 2. The van der Waals surface area contributed by atoms with Crippen molar-refractivity contribution < 1.29 is 9.18 Å². The fraction of sp³-hybridized carbons (Fsp3) is 0.0667. The minimum atomic E-state index is -0.352. The van der Waals surface area contributed by atoms with Crippen molar-refractivity contribution in [1.82, 2.24) is 20.4 Å². The molecule has 1 aromatic carbocycles. The molecule has 0 aliphatic carbocycles. The highest BCUT2D eigenvalue weighted by Gasteiger charge is 2.14. The number of hydrogen-bond acceptors (Lipinski definition) is 7. The number of rotatable bonds is 5. The standard InChI is InChI=1S/C15H12BrFN6OS/c16-12-13(8-1-3-9(17)4-2-8)20-15(18)21-14(12)23-22-10(24)7-11-19-5-6-25-11/h1-6H,7H2,(H,22,24)(H3,18,20,21,23). The first-order chi connectivity index (χ1) is 12.0. The van der Waals surface area contributed by atoms with E-state index in [1.807, 2.05) is 0 Å². The largest absolute Gasteiger partial charge is 0.368 e. The molecule has 2 aromatic heterocycles. The molecule has 25 heavy (non-hydrogen) atoms. The Balaban J connectivity index is 1.77. The first kappa shape index (κ1) is 17.2. The summed E-state index contributed by atoms with van der Waals surface area (Å²) in [5, 5.41) is 2.50. The predicted molar refractivity (Wildman–Crippen MR) is 97.1 cm³/mol. The second-order valence-electron chi connectivity index (χ2n) is 4.88. The van der Waals surface area contributed by atoms with Crippen LogP contribution in [0.25, 0.3) is 11.3 Å². The lowest BCUT2D eigenvalue weighted by Crippen LogP contribution is -2.31. The summed E-state index contributed by atoms with van der Waals surface area (Å²) in [4.78, 5) is 24.2. The molecule has 3 aromatic rings. The maximum Gasteiger partial charge on any atom is 0.245 e. The molecule has 0 spiro atoms. The summed E-state index contributed by atoms with van der Waals surface area (Å²) in [5.41, 5.74) is 12.1. The molecule has 10 heteroatoms. The van der Waals surface area contributed by atoms with Crippen LogP contribution in [-0.4, -0.2) is 20.9 Å². The van der Waals surface area contributed by atoms with Gasteiger partial charge in [-0.2, -0.15) is 4.98 Å². The van der Waals surface area contributed by atoms with E-state index in [4.69, 9.17) is 5.73 Å². The van der Waals surface area contributed by atoms with Crippen molar-refractivity contribution >= 4 is 44.9 Å². The third-order valence-corrected chi connectivity index (χ3v) is 4.63. The van der Waals surface area contributed by atoms with Gasteiger partial charge in [0, 0.05) is 17.1 Å². The molecule has 0 fully saturated rings. The molecule has 2 heterocycles. The second kappa shape index (κ2) is 7.53. The van der Waals surface area contributed by atoms with Crippen LogP contribution >= 0.6 is 27.3 Å². The molecule has 0 saturated carbocycles. The normalized spacial score (nSPS) is 10.5. The van der Waals surface area contributed by atoms with Gasteiger partial charge in [0.15, 0.2) is 5.82 Å². The monoisotopic (exact) mass is 422 g/mol. The molecule has 0 bridgehead atoms. The van der Waals surface area contributed by atoms with Gasteiger partial charge in [-0.1, -0.05) is 0 Å². The summed E-state index contributed by atoms with van der Waals surface area (Å²) in [7, 11) is 0. The van der Waals surface area contributed by atoms with Gasteiger partial charge in [0.2, 0.25) is 11.9 Å². The molecule has 3 rings (SSSR count). The summed E-state index contributed by atoms with van der Waals surface area (Å²) in [6.45, 7) is 0. The first-order valence-electron chi connectivity index (χ1n) is 7.05. The van der Waals surface area contributed by atoms with E-state index in [0.29, 0.717) is 26.6 Å². The Kier molecular flexibility index (Phi) is 5.19. The highest BCUT2D eigenvalue weighted by Crippen LogP contribution is 2.31. The number of carbonyl (C=O) groups excluding carboxylic acids is 1. The van der Waals surface area contributed by atoms with Gasteiger partial charge < -0.3 is 5.73 Å². The summed E-state index contributed by atoms with van der Waals surface area (Å²) in [5.74, 6) is -0.324. The summed E-state index contributed by atoms with van der Waals surface area (Å²) < 4.78 is 13.6. The minimum Gasteiger partial charge on any atom is -0.368 e. The van der Waals surface area contributed by atoms with Crippen LogP contribution in [0.2, 0.25) is 0 Å². The third kappa shape index (κ3) is 4.28. The Bertz CT molecular complexity index is 888. The number of benzene rings is 1. The van der Waals surface area contributed by atoms with Gasteiger partial charge in [0.05, 0.1) is 16.6 Å². The first-order valence-corrected chi connectivity index (χ1v) is 8.72. The van der Waals surface area contributed by atoms with E-state index in [-0.39, 0.29) is 24.1 Å². The van der Waals surface area contributed by atoms with Gasteiger partial charge in [-0.05, 0) is 40.2 Å². The highest BCUT2D eigenvalue weighted by atomic mass is 79.9. The van der Waals surface area contributed by atoms with Gasteiger partial charge in [0.25, 0.3) is 0 Å². The number of halogens is 2. The Morgan fingerprint density at radius 2 is 2.04 bits per heavy atom. The number of amides is 1. The van der Waals surface area contributed by atoms with Crippen LogP contribution in [0, 0.1) is 5.82 Å². The van der Waals surface area contributed by atoms with Crippen LogP contribution in [0.1, 0.15) is 5.01 Å². The van der Waals surface area contributed by atoms with Crippen LogP contribution in [0.5, 0.6) is 0 Å². The van der Waals surface area contributed by atoms with E-state index < -0.39 is 0 Å². The van der Waals surface area contributed by atoms with Gasteiger partial charge in [-0.15, -0.1) is 11.3 Å². The molecule has 7 nitrogen and oxygen atoms in total. The fourth-order valence-corrected chi connectivity index (χ4v) is 3.12. The Hall–Kier alpha value is -2.59. The van der Waals surface area contributed by atoms with E-state index in [0.717, 1.165) is 0 Å². The highest BCUT2D eigenvalue weighted by molar-refractivity contribution is 9.10. The summed E-state index contributed by atoms with van der Waals surface area (Å²) >= 11 is 4.78. The van der Waals surface area contributed by atoms with Gasteiger partial charge in [0.1, 0.15) is 10.8 Å². The lowest BCUT2D eigenvalue weighted by atomic mass is 10.1. The number of aromatic nitrogens is 3. The van der Waals surface area contributed by atoms with E-state index in [1.54, 1.807) is 23.7 Å². The quantitative estimate of drug-likeness (QED) is 0.545. The number of thiazole rings is 1. The number of nitrogen functional groups attached to an aromatic ring is 1. The van der Waals surface area contributed by atoms with Crippen molar-refractivity contribution in [2.75, 3.05) is 11.2 Å². The SMILES string of the molecule is Nc1nc(NNC(=O)Cc2nccs2)c(Br)c(-c2ccc(F)cc2)n1. The molecule has 0 saturated heterocycles. The van der Waals surface area contributed by atoms with Gasteiger partial charge in [-0.3, -0.25) is 15.6 Å². The molecule has 1 amide bonds. The van der Waals surface area contributed by atoms with Crippen molar-refractivity contribution in [2.24, 2.45) is 0 Å². The Labute approximate surface area is 154 Å². The van der Waals surface area contributed by atoms with Crippen molar-refractivity contribution in [3.05, 3.63) is 51.1 Å². The maximum absolute atomic E-state index is 13.1. The molecule has 0 atom stereocenters. The molecule has 4 N–H and O–H groups in total. The number of carbonyl (C=O) groups is 1. The smallest absolute Gasteiger partial charge is 0.245 e. The molecular formula is C15H12BrFN6OS. The van der Waals surface area contributed by atoms with Crippen LogP contribution < -0.4 is 16.6 Å². The fourth-order valence-electron chi connectivity index (χ4n) is 2.00. The average Bonchev–Trinajstić information content (AvgIpc) is 3.09.